The molecule has 3 nitrogen and oxygen atoms in total. The molecule has 0 radical (unpaired) electrons. The highest BCUT2D eigenvalue weighted by molar-refractivity contribution is 7.98. The van der Waals surface area contributed by atoms with Crippen LogP contribution in [0.25, 0.3) is 0 Å². The van der Waals surface area contributed by atoms with Crippen LogP contribution in [0.5, 0.6) is 0 Å². The van der Waals surface area contributed by atoms with Gasteiger partial charge in [-0.25, -0.2) is 0 Å². The number of carbonyl (C=O) groups excluding carboxylic acids is 1. The van der Waals surface area contributed by atoms with E-state index < -0.39 is 0 Å². The second-order valence-corrected chi connectivity index (χ2v) is 6.56. The van der Waals surface area contributed by atoms with Crippen molar-refractivity contribution in [2.45, 2.75) is 31.7 Å². The molecule has 0 aliphatic carbocycles. The Hall–Kier alpha value is -1.00. The fraction of sp³-hybridized carbons (Fsp3) is 0.588. The molecule has 4 heteroatoms. The van der Waals surface area contributed by atoms with E-state index in [9.17, 15) is 4.79 Å². The lowest BCUT2D eigenvalue weighted by molar-refractivity contribution is -0.121. The summed E-state index contributed by atoms with van der Waals surface area (Å²) >= 11 is 1.80. The van der Waals surface area contributed by atoms with Crippen molar-refractivity contribution in [2.24, 2.45) is 0 Å². The number of rotatable bonds is 8. The Bertz CT molecular complexity index is 418. The number of carbonyl (C=O) groups is 1. The lowest BCUT2D eigenvalue weighted by atomic mass is 10.1. The molecule has 1 N–H and O–H groups in total. The van der Waals surface area contributed by atoms with E-state index in [2.05, 4.69) is 40.7 Å². The summed E-state index contributed by atoms with van der Waals surface area (Å²) < 4.78 is 0. The summed E-state index contributed by atoms with van der Waals surface area (Å²) in [7, 11) is 0. The number of nitrogens with zero attached hydrogens (tertiary/aromatic N) is 1. The standard InChI is InChI=1S/C17H26N2OS/c1-21-13-7-10-17(20)18-14-16(19-11-5-6-12-19)15-8-3-2-4-9-15/h2-4,8-9,16H,5-7,10-14H2,1H3,(H,18,20). The van der Waals surface area contributed by atoms with Gasteiger partial charge in [0.1, 0.15) is 0 Å². The highest BCUT2D eigenvalue weighted by Crippen LogP contribution is 2.24. The molecule has 1 aromatic rings. The molecule has 1 unspecified atom stereocenters. The van der Waals surface area contributed by atoms with Crippen LogP contribution in [-0.2, 0) is 4.79 Å². The van der Waals surface area contributed by atoms with Crippen molar-refractivity contribution >= 4 is 17.7 Å². The van der Waals surface area contributed by atoms with Crippen LogP contribution in [-0.4, -0.2) is 42.4 Å². The van der Waals surface area contributed by atoms with Gasteiger partial charge in [-0.3, -0.25) is 9.69 Å². The predicted molar refractivity (Wildman–Crippen MR) is 90.6 cm³/mol. The molecule has 1 aromatic carbocycles. The number of likely N-dealkylation sites (tertiary alicyclic amines) is 1. The first-order valence-electron chi connectivity index (χ1n) is 7.86. The van der Waals surface area contributed by atoms with Gasteiger partial charge in [-0.15, -0.1) is 0 Å². The van der Waals surface area contributed by atoms with Crippen molar-refractivity contribution in [1.82, 2.24) is 10.2 Å². The van der Waals surface area contributed by atoms with Gasteiger partial charge in [0.2, 0.25) is 5.91 Å². The second kappa shape index (κ2) is 9.11. The number of hydrogen-bond donors (Lipinski definition) is 1. The normalized spacial score (nSPS) is 16.8. The van der Waals surface area contributed by atoms with Crippen LogP contribution >= 0.6 is 11.8 Å². The van der Waals surface area contributed by atoms with Gasteiger partial charge < -0.3 is 5.32 Å². The zero-order chi connectivity index (χ0) is 14.9. The Kier molecular flexibility index (Phi) is 7.10. The fourth-order valence-corrected chi connectivity index (χ4v) is 3.30. The Morgan fingerprint density at radius 3 is 2.67 bits per heavy atom. The molecule has 1 heterocycles. The lowest BCUT2D eigenvalue weighted by Crippen LogP contribution is -2.36. The maximum Gasteiger partial charge on any atom is 0.220 e. The molecular formula is C17H26N2OS. The number of thioether (sulfide) groups is 1. The average molecular weight is 306 g/mol. The van der Waals surface area contributed by atoms with Crippen molar-refractivity contribution in [3.05, 3.63) is 35.9 Å². The van der Waals surface area contributed by atoms with Gasteiger partial charge in [0.25, 0.3) is 0 Å². The number of nitrogens with one attached hydrogen (secondary N) is 1. The molecule has 1 aliphatic rings. The van der Waals surface area contributed by atoms with Crippen molar-refractivity contribution in [2.75, 3.05) is 31.6 Å². The molecule has 1 saturated heterocycles. The summed E-state index contributed by atoms with van der Waals surface area (Å²) in [5.74, 6) is 1.24. The molecule has 0 aromatic heterocycles. The fourth-order valence-electron chi connectivity index (χ4n) is 2.86. The predicted octanol–water partition coefficient (Wildman–Crippen LogP) is 3.08. The van der Waals surface area contributed by atoms with Gasteiger partial charge >= 0.3 is 0 Å². The minimum absolute atomic E-state index is 0.184. The quantitative estimate of drug-likeness (QED) is 0.749. The molecule has 0 saturated carbocycles. The molecule has 116 valence electrons. The second-order valence-electron chi connectivity index (χ2n) is 5.57. The van der Waals surface area contributed by atoms with Crippen molar-refractivity contribution < 1.29 is 4.79 Å². The van der Waals surface area contributed by atoms with Crippen LogP contribution in [0.2, 0.25) is 0 Å². The maximum absolute atomic E-state index is 11.9. The van der Waals surface area contributed by atoms with Gasteiger partial charge in [-0.1, -0.05) is 30.3 Å². The summed E-state index contributed by atoms with van der Waals surface area (Å²) in [6, 6.07) is 10.9. The molecule has 2 rings (SSSR count). The third kappa shape index (κ3) is 5.36. The average Bonchev–Trinajstić information content (AvgIpc) is 3.03. The zero-order valence-corrected chi connectivity index (χ0v) is 13.7. The molecule has 21 heavy (non-hydrogen) atoms. The first-order chi connectivity index (χ1) is 10.3. The van der Waals surface area contributed by atoms with Gasteiger partial charge in [0.05, 0.1) is 6.04 Å². The largest absolute Gasteiger partial charge is 0.354 e. The topological polar surface area (TPSA) is 32.3 Å². The van der Waals surface area contributed by atoms with Crippen LogP contribution in [0.15, 0.2) is 30.3 Å². The minimum Gasteiger partial charge on any atom is -0.354 e. The Morgan fingerprint density at radius 1 is 1.29 bits per heavy atom. The van der Waals surface area contributed by atoms with Crippen LogP contribution in [0, 0.1) is 0 Å². The monoisotopic (exact) mass is 306 g/mol. The number of amides is 1. The first kappa shape index (κ1) is 16.4. The van der Waals surface area contributed by atoms with E-state index in [1.54, 1.807) is 11.8 Å². The van der Waals surface area contributed by atoms with E-state index in [4.69, 9.17) is 0 Å². The number of benzene rings is 1. The van der Waals surface area contributed by atoms with E-state index in [1.807, 2.05) is 6.07 Å². The smallest absolute Gasteiger partial charge is 0.220 e. The molecule has 1 aliphatic heterocycles. The first-order valence-corrected chi connectivity index (χ1v) is 9.25. The zero-order valence-electron chi connectivity index (χ0n) is 12.9. The van der Waals surface area contributed by atoms with Gasteiger partial charge in [0.15, 0.2) is 0 Å². The van der Waals surface area contributed by atoms with E-state index in [1.165, 1.54) is 18.4 Å². The van der Waals surface area contributed by atoms with Crippen molar-refractivity contribution in [1.29, 1.82) is 0 Å². The molecule has 0 bridgehead atoms. The minimum atomic E-state index is 0.184. The van der Waals surface area contributed by atoms with Gasteiger partial charge in [0, 0.05) is 13.0 Å². The van der Waals surface area contributed by atoms with Crippen LogP contribution in [0.1, 0.15) is 37.3 Å². The molecule has 0 spiro atoms. The van der Waals surface area contributed by atoms with Crippen molar-refractivity contribution in [3.63, 3.8) is 0 Å². The maximum atomic E-state index is 11.9. The Balaban J connectivity index is 1.89. The molecule has 1 amide bonds. The molecular weight excluding hydrogens is 280 g/mol. The Morgan fingerprint density at radius 2 is 2.00 bits per heavy atom. The summed E-state index contributed by atoms with van der Waals surface area (Å²) in [6.07, 6.45) is 6.22. The van der Waals surface area contributed by atoms with Crippen LogP contribution in [0.3, 0.4) is 0 Å². The SMILES string of the molecule is CSCCCC(=O)NCC(c1ccccc1)N1CCCC1. The Labute approximate surface area is 132 Å². The summed E-state index contributed by atoms with van der Waals surface area (Å²) in [4.78, 5) is 14.4. The highest BCUT2D eigenvalue weighted by atomic mass is 32.2. The van der Waals surface area contributed by atoms with E-state index in [0.717, 1.165) is 31.8 Å². The lowest BCUT2D eigenvalue weighted by Gasteiger charge is -2.28. The third-order valence-corrected chi connectivity index (χ3v) is 4.71. The highest BCUT2D eigenvalue weighted by Gasteiger charge is 2.23. The number of hydrogen-bond acceptors (Lipinski definition) is 3. The van der Waals surface area contributed by atoms with Crippen LogP contribution in [0.4, 0.5) is 0 Å². The summed E-state index contributed by atoms with van der Waals surface area (Å²) in [6.45, 7) is 3.01. The summed E-state index contributed by atoms with van der Waals surface area (Å²) in [5, 5.41) is 3.13. The summed E-state index contributed by atoms with van der Waals surface area (Å²) in [5.41, 5.74) is 1.31. The molecule has 1 fully saturated rings. The third-order valence-electron chi connectivity index (χ3n) is 4.01. The van der Waals surface area contributed by atoms with E-state index in [-0.39, 0.29) is 5.91 Å². The van der Waals surface area contributed by atoms with Crippen molar-refractivity contribution in [3.8, 4) is 0 Å². The van der Waals surface area contributed by atoms with Gasteiger partial charge in [-0.2, -0.15) is 11.8 Å². The van der Waals surface area contributed by atoms with E-state index in [0.29, 0.717) is 12.5 Å². The van der Waals surface area contributed by atoms with E-state index >= 15 is 0 Å². The van der Waals surface area contributed by atoms with Crippen LogP contribution < -0.4 is 5.32 Å². The van der Waals surface area contributed by atoms with Gasteiger partial charge in [-0.05, 0) is 49.9 Å². The molecule has 1 atom stereocenters.